The number of carbonyl (C=O) groups is 3. The number of carbonyl (C=O) groups excluding carboxylic acids is 3. The first kappa shape index (κ1) is 24.7. The number of hydrogen-bond donors (Lipinski definition) is 2. The van der Waals surface area contributed by atoms with Crippen molar-refractivity contribution in [1.29, 1.82) is 0 Å². The summed E-state index contributed by atoms with van der Waals surface area (Å²) in [6.45, 7) is 1.27. The van der Waals surface area contributed by atoms with E-state index < -0.39 is 17.8 Å². The molecule has 0 spiro atoms. The Morgan fingerprint density at radius 1 is 0.829 bits per heavy atom. The van der Waals surface area contributed by atoms with Gasteiger partial charge < -0.3 is 20.3 Å². The Morgan fingerprint density at radius 3 is 1.91 bits per heavy atom. The number of rotatable bonds is 5. The first-order valence-corrected chi connectivity index (χ1v) is 11.5. The topological polar surface area (TPSA) is 87.7 Å². The van der Waals surface area contributed by atoms with Crippen molar-refractivity contribution in [3.8, 4) is 0 Å². The van der Waals surface area contributed by atoms with Gasteiger partial charge in [-0.15, -0.1) is 0 Å². The monoisotopic (exact) mass is 489 g/mol. The van der Waals surface area contributed by atoms with Crippen LogP contribution < -0.4 is 10.6 Å². The molecule has 10 heteroatoms. The molecule has 7 nitrogen and oxygen atoms in total. The van der Waals surface area contributed by atoms with Gasteiger partial charge in [0.15, 0.2) is 0 Å². The van der Waals surface area contributed by atoms with E-state index in [1.165, 1.54) is 12.1 Å². The summed E-state index contributed by atoms with van der Waals surface area (Å²) in [7, 11) is 0. The maximum Gasteiger partial charge on any atom is 0.416 e. The van der Waals surface area contributed by atoms with Crippen molar-refractivity contribution in [2.24, 2.45) is 5.92 Å². The molecule has 2 aromatic rings. The van der Waals surface area contributed by atoms with Gasteiger partial charge in [-0.25, -0.2) is 0 Å². The zero-order valence-electron chi connectivity index (χ0n) is 18.9. The van der Waals surface area contributed by atoms with Gasteiger partial charge in [-0.2, -0.15) is 13.2 Å². The summed E-state index contributed by atoms with van der Waals surface area (Å²) in [5, 5.41) is 5.65. The summed E-state index contributed by atoms with van der Waals surface area (Å²) in [6, 6.07) is 11.0. The molecule has 2 aromatic carbocycles. The van der Waals surface area contributed by atoms with E-state index in [0.29, 0.717) is 50.3 Å². The average molecular weight is 489 g/mol. The zero-order valence-corrected chi connectivity index (χ0v) is 18.9. The molecule has 4 rings (SSSR count). The van der Waals surface area contributed by atoms with Crippen molar-refractivity contribution in [2.75, 3.05) is 30.3 Å². The second-order valence-electron chi connectivity index (χ2n) is 8.70. The normalized spacial score (nSPS) is 18.8. The van der Waals surface area contributed by atoms with Crippen LogP contribution in [0, 0.1) is 5.92 Å². The maximum atomic E-state index is 12.7. The van der Waals surface area contributed by atoms with E-state index in [9.17, 15) is 27.6 Å². The highest BCUT2D eigenvalue weighted by Crippen LogP contribution is 2.29. The van der Waals surface area contributed by atoms with Crippen molar-refractivity contribution in [1.82, 2.24) is 4.90 Å². The molecular weight excluding hydrogens is 463 g/mol. The average Bonchev–Trinajstić information content (AvgIpc) is 3.40. The minimum atomic E-state index is -4.45. The Kier molecular flexibility index (Phi) is 7.39. The number of halogens is 3. The van der Waals surface area contributed by atoms with Crippen LogP contribution >= 0.6 is 0 Å². The second kappa shape index (κ2) is 10.5. The number of nitrogens with one attached hydrogen (secondary N) is 2. The van der Waals surface area contributed by atoms with Crippen LogP contribution in [0.25, 0.3) is 0 Å². The third-order valence-electron chi connectivity index (χ3n) is 6.25. The van der Waals surface area contributed by atoms with Crippen LogP contribution in [-0.4, -0.2) is 48.4 Å². The Bertz CT molecular complexity index is 1060. The summed E-state index contributed by atoms with van der Waals surface area (Å²) < 4.78 is 43.5. The van der Waals surface area contributed by atoms with Gasteiger partial charge in [0.2, 0.25) is 5.91 Å². The molecule has 0 bridgehead atoms. The van der Waals surface area contributed by atoms with Crippen LogP contribution in [-0.2, 0) is 20.5 Å². The van der Waals surface area contributed by atoms with Crippen LogP contribution in [0.3, 0.4) is 0 Å². The fourth-order valence-electron chi connectivity index (χ4n) is 4.22. The second-order valence-corrected chi connectivity index (χ2v) is 8.70. The zero-order chi connectivity index (χ0) is 25.0. The van der Waals surface area contributed by atoms with E-state index in [2.05, 4.69) is 10.6 Å². The molecule has 0 aromatic heterocycles. The molecule has 2 aliphatic rings. The fraction of sp³-hybridized carbons (Fsp3) is 0.400. The van der Waals surface area contributed by atoms with Crippen LogP contribution in [0.2, 0.25) is 0 Å². The van der Waals surface area contributed by atoms with Gasteiger partial charge in [0.05, 0.1) is 5.56 Å². The SMILES string of the molecule is O=C(Nc1ccc(NC(=O)C2CCCO2)cc1)C1CCN(C(=O)c2ccc(C(F)(F)F)cc2)CC1. The molecule has 3 amide bonds. The molecule has 1 atom stereocenters. The largest absolute Gasteiger partial charge is 0.416 e. The Balaban J connectivity index is 1.25. The van der Waals surface area contributed by atoms with Crippen LogP contribution in [0.15, 0.2) is 48.5 Å². The molecule has 186 valence electrons. The molecule has 2 heterocycles. The number of alkyl halides is 3. The number of nitrogens with zero attached hydrogens (tertiary/aromatic N) is 1. The number of ether oxygens (including phenoxy) is 1. The number of piperidine rings is 1. The minimum absolute atomic E-state index is 0.164. The molecule has 2 aliphatic heterocycles. The number of benzene rings is 2. The van der Waals surface area contributed by atoms with Crippen LogP contribution in [0.5, 0.6) is 0 Å². The van der Waals surface area contributed by atoms with Gasteiger partial charge in [-0.3, -0.25) is 14.4 Å². The highest BCUT2D eigenvalue weighted by molar-refractivity contribution is 5.96. The lowest BCUT2D eigenvalue weighted by Crippen LogP contribution is -2.41. The van der Waals surface area contributed by atoms with Crippen molar-refractivity contribution in [2.45, 2.75) is 38.0 Å². The lowest BCUT2D eigenvalue weighted by atomic mass is 9.95. The van der Waals surface area contributed by atoms with E-state index in [4.69, 9.17) is 4.74 Å². The molecule has 2 N–H and O–H groups in total. The van der Waals surface area contributed by atoms with Gasteiger partial charge in [-0.05, 0) is 74.2 Å². The number of hydrogen-bond acceptors (Lipinski definition) is 4. The van der Waals surface area contributed by atoms with E-state index in [1.54, 1.807) is 29.2 Å². The lowest BCUT2D eigenvalue weighted by molar-refractivity contribution is -0.137. The van der Waals surface area contributed by atoms with Gasteiger partial charge >= 0.3 is 6.18 Å². The molecular formula is C25H26F3N3O4. The highest BCUT2D eigenvalue weighted by atomic mass is 19.4. The summed E-state index contributed by atoms with van der Waals surface area (Å²) in [5.74, 6) is -0.983. The predicted octanol–water partition coefficient (Wildman–Crippen LogP) is 4.31. The number of anilines is 2. The van der Waals surface area contributed by atoms with Crippen molar-refractivity contribution in [3.05, 3.63) is 59.7 Å². The summed E-state index contributed by atoms with van der Waals surface area (Å²) in [5.41, 5.74) is 0.585. The number of amides is 3. The van der Waals surface area contributed by atoms with Crippen LogP contribution in [0.1, 0.15) is 41.6 Å². The molecule has 2 fully saturated rings. The molecule has 0 saturated carbocycles. The van der Waals surface area contributed by atoms with Gasteiger partial charge in [0, 0.05) is 42.6 Å². The molecule has 0 radical (unpaired) electrons. The van der Waals surface area contributed by atoms with Crippen LogP contribution in [0.4, 0.5) is 24.5 Å². The predicted molar refractivity (Wildman–Crippen MR) is 123 cm³/mol. The quantitative estimate of drug-likeness (QED) is 0.655. The van der Waals surface area contributed by atoms with Crippen molar-refractivity contribution < 1.29 is 32.3 Å². The van der Waals surface area contributed by atoms with Gasteiger partial charge in [-0.1, -0.05) is 0 Å². The summed E-state index contributed by atoms with van der Waals surface area (Å²) in [6.07, 6.45) is -2.40. The summed E-state index contributed by atoms with van der Waals surface area (Å²) >= 11 is 0. The van der Waals surface area contributed by atoms with Gasteiger partial charge in [0.1, 0.15) is 6.10 Å². The van der Waals surface area contributed by atoms with E-state index in [1.807, 2.05) is 0 Å². The molecule has 1 unspecified atom stereocenters. The highest BCUT2D eigenvalue weighted by Gasteiger charge is 2.31. The third-order valence-corrected chi connectivity index (χ3v) is 6.25. The standard InChI is InChI=1S/C25H26F3N3O4/c26-25(27,28)18-5-3-17(4-6-18)24(34)31-13-11-16(12-14-31)22(32)29-19-7-9-20(10-8-19)30-23(33)21-2-1-15-35-21/h3-10,16,21H,1-2,11-15H2,(H,29,32)(H,30,33). The van der Waals surface area contributed by atoms with Gasteiger partial charge in [0.25, 0.3) is 11.8 Å². The first-order chi connectivity index (χ1) is 16.7. The van der Waals surface area contributed by atoms with Crippen molar-refractivity contribution >= 4 is 29.1 Å². The smallest absolute Gasteiger partial charge is 0.368 e. The Hall–Kier alpha value is -3.40. The maximum absolute atomic E-state index is 12.7. The van der Waals surface area contributed by atoms with E-state index in [-0.39, 0.29) is 29.2 Å². The fourth-order valence-corrected chi connectivity index (χ4v) is 4.22. The summed E-state index contributed by atoms with van der Waals surface area (Å²) in [4.78, 5) is 39.0. The first-order valence-electron chi connectivity index (χ1n) is 11.5. The molecule has 35 heavy (non-hydrogen) atoms. The van der Waals surface area contributed by atoms with E-state index >= 15 is 0 Å². The van der Waals surface area contributed by atoms with Crippen molar-refractivity contribution in [3.63, 3.8) is 0 Å². The number of likely N-dealkylation sites (tertiary alicyclic amines) is 1. The Morgan fingerprint density at radius 2 is 1.40 bits per heavy atom. The minimum Gasteiger partial charge on any atom is -0.368 e. The Labute approximate surface area is 200 Å². The lowest BCUT2D eigenvalue weighted by Gasteiger charge is -2.31. The molecule has 0 aliphatic carbocycles. The van der Waals surface area contributed by atoms with E-state index in [0.717, 1.165) is 18.6 Å². The third kappa shape index (κ3) is 6.19. The molecule has 2 saturated heterocycles.